The van der Waals surface area contributed by atoms with Crippen LogP contribution in [0.25, 0.3) is 11.1 Å². The Kier molecular flexibility index (Phi) is 4.63. The van der Waals surface area contributed by atoms with Crippen LogP contribution in [-0.4, -0.2) is 45.8 Å². The smallest absolute Gasteiger partial charge is 0.253 e. The van der Waals surface area contributed by atoms with E-state index in [1.165, 1.54) is 11.3 Å². The zero-order chi connectivity index (χ0) is 20.7. The fourth-order valence-electron chi connectivity index (χ4n) is 4.12. The van der Waals surface area contributed by atoms with Crippen molar-refractivity contribution in [1.82, 2.24) is 15.1 Å². The first-order valence-electron chi connectivity index (χ1n) is 9.76. The van der Waals surface area contributed by atoms with Crippen LogP contribution in [0.4, 0.5) is 5.13 Å². The van der Waals surface area contributed by atoms with Crippen molar-refractivity contribution in [3.05, 3.63) is 64.7 Å². The molecule has 0 unspecified atom stereocenters. The lowest BCUT2D eigenvalue weighted by atomic mass is 9.95. The molecule has 1 aliphatic heterocycles. The molecule has 2 aliphatic rings. The third-order valence-corrected chi connectivity index (χ3v) is 6.32. The van der Waals surface area contributed by atoms with Gasteiger partial charge in [-0.15, -0.1) is 10.2 Å². The van der Waals surface area contributed by atoms with Crippen molar-refractivity contribution in [2.75, 3.05) is 18.4 Å². The van der Waals surface area contributed by atoms with Gasteiger partial charge in [0.05, 0.1) is 0 Å². The van der Waals surface area contributed by atoms with E-state index in [2.05, 4.69) is 15.5 Å². The summed E-state index contributed by atoms with van der Waals surface area (Å²) in [4.78, 5) is 39.8. The topological polar surface area (TPSA) is 92.3 Å². The van der Waals surface area contributed by atoms with Crippen LogP contribution in [0.2, 0.25) is 0 Å². The van der Waals surface area contributed by atoms with Crippen molar-refractivity contribution in [2.24, 2.45) is 5.92 Å². The number of benzene rings is 2. The van der Waals surface area contributed by atoms with Crippen LogP contribution < -0.4 is 5.32 Å². The van der Waals surface area contributed by atoms with Crippen LogP contribution in [0.5, 0.6) is 0 Å². The molecule has 5 rings (SSSR count). The number of piperidine rings is 1. The number of likely N-dealkylation sites (tertiary alicyclic amines) is 1. The Hall–Kier alpha value is -3.39. The van der Waals surface area contributed by atoms with E-state index in [1.807, 2.05) is 30.3 Å². The lowest BCUT2D eigenvalue weighted by molar-refractivity contribution is -0.121. The fourth-order valence-corrected chi connectivity index (χ4v) is 4.57. The van der Waals surface area contributed by atoms with Gasteiger partial charge in [-0.1, -0.05) is 41.7 Å². The monoisotopic (exact) mass is 418 g/mol. The Labute approximate surface area is 176 Å². The highest BCUT2D eigenvalue weighted by Gasteiger charge is 2.30. The van der Waals surface area contributed by atoms with E-state index in [0.29, 0.717) is 47.8 Å². The molecule has 0 radical (unpaired) electrons. The zero-order valence-corrected chi connectivity index (χ0v) is 16.8. The Morgan fingerprint density at radius 3 is 2.47 bits per heavy atom. The normalized spacial score (nSPS) is 15.6. The van der Waals surface area contributed by atoms with E-state index >= 15 is 0 Å². The predicted octanol–water partition coefficient (Wildman–Crippen LogP) is 3.24. The van der Waals surface area contributed by atoms with E-state index in [1.54, 1.807) is 22.5 Å². The summed E-state index contributed by atoms with van der Waals surface area (Å²) in [5, 5.41) is 10.8. The number of hydrogen-bond donors (Lipinski definition) is 1. The van der Waals surface area contributed by atoms with E-state index < -0.39 is 0 Å². The second-order valence-corrected chi connectivity index (χ2v) is 8.27. The van der Waals surface area contributed by atoms with Crippen LogP contribution in [0.15, 0.2) is 48.0 Å². The first-order valence-corrected chi connectivity index (χ1v) is 10.6. The van der Waals surface area contributed by atoms with Crippen molar-refractivity contribution < 1.29 is 14.4 Å². The van der Waals surface area contributed by atoms with Crippen molar-refractivity contribution in [1.29, 1.82) is 0 Å². The van der Waals surface area contributed by atoms with Gasteiger partial charge in [0, 0.05) is 35.7 Å². The molecule has 1 aliphatic carbocycles. The summed E-state index contributed by atoms with van der Waals surface area (Å²) in [6.45, 7) is 0.997. The van der Waals surface area contributed by atoms with Gasteiger partial charge >= 0.3 is 0 Å². The van der Waals surface area contributed by atoms with Gasteiger partial charge in [0.15, 0.2) is 5.78 Å². The summed E-state index contributed by atoms with van der Waals surface area (Å²) in [5.74, 6) is -0.388. The minimum absolute atomic E-state index is 0.0395. The summed E-state index contributed by atoms with van der Waals surface area (Å²) in [7, 11) is 0. The number of ketones is 1. The number of rotatable bonds is 3. The Morgan fingerprint density at radius 2 is 1.73 bits per heavy atom. The number of hydrogen-bond acceptors (Lipinski definition) is 6. The molecule has 8 heteroatoms. The number of carbonyl (C=O) groups excluding carboxylic acids is 3. The minimum atomic E-state index is -0.158. The van der Waals surface area contributed by atoms with Gasteiger partial charge in [-0.05, 0) is 36.1 Å². The Balaban J connectivity index is 1.27. The highest BCUT2D eigenvalue weighted by atomic mass is 32.1. The molecule has 1 aromatic heterocycles. The third-order valence-electron chi connectivity index (χ3n) is 5.72. The highest BCUT2D eigenvalue weighted by molar-refractivity contribution is 7.13. The SMILES string of the molecule is O=C1c2ccccc2-c2ccc(C(=O)N3CCC(C(=O)Nc4nncs4)CC3)cc21. The van der Waals surface area contributed by atoms with Gasteiger partial charge in [0.25, 0.3) is 5.91 Å². The Bertz CT molecular complexity index is 1150. The molecular formula is C22H18N4O3S. The van der Waals surface area contributed by atoms with Crippen molar-refractivity contribution in [2.45, 2.75) is 12.8 Å². The average molecular weight is 418 g/mol. The standard InChI is InChI=1S/C22H18N4O3S/c27-19-17-4-2-1-3-15(17)16-6-5-14(11-18(16)19)21(29)26-9-7-13(8-10-26)20(28)24-22-25-23-12-30-22/h1-6,11-13H,7-10H2,(H,24,25,28). The largest absolute Gasteiger partial charge is 0.339 e. The van der Waals surface area contributed by atoms with Crippen LogP contribution in [-0.2, 0) is 4.79 Å². The molecule has 2 amide bonds. The molecule has 0 atom stereocenters. The summed E-state index contributed by atoms with van der Waals surface area (Å²) >= 11 is 1.28. The molecule has 3 aromatic rings. The second-order valence-electron chi connectivity index (χ2n) is 7.43. The Morgan fingerprint density at radius 1 is 1.00 bits per heavy atom. The maximum Gasteiger partial charge on any atom is 0.253 e. The molecule has 2 aromatic carbocycles. The van der Waals surface area contributed by atoms with E-state index in [4.69, 9.17) is 0 Å². The molecule has 1 N–H and O–H groups in total. The maximum atomic E-state index is 13.0. The fraction of sp³-hybridized carbons (Fsp3) is 0.227. The molecule has 0 spiro atoms. The minimum Gasteiger partial charge on any atom is -0.339 e. The van der Waals surface area contributed by atoms with Gasteiger partial charge in [-0.3, -0.25) is 14.4 Å². The van der Waals surface area contributed by atoms with Gasteiger partial charge in [-0.2, -0.15) is 0 Å². The molecule has 0 bridgehead atoms. The molecule has 150 valence electrons. The molecule has 2 heterocycles. The lowest BCUT2D eigenvalue weighted by Crippen LogP contribution is -2.41. The number of nitrogens with zero attached hydrogens (tertiary/aromatic N) is 3. The van der Waals surface area contributed by atoms with Crippen molar-refractivity contribution in [3.63, 3.8) is 0 Å². The summed E-state index contributed by atoms with van der Waals surface area (Å²) in [6, 6.07) is 12.8. The van der Waals surface area contributed by atoms with E-state index in [-0.39, 0.29) is 23.5 Å². The first kappa shape index (κ1) is 18.6. The van der Waals surface area contributed by atoms with Gasteiger partial charge in [-0.25, -0.2) is 0 Å². The summed E-state index contributed by atoms with van der Waals surface area (Å²) < 4.78 is 0. The first-order chi connectivity index (χ1) is 14.6. The molecule has 30 heavy (non-hydrogen) atoms. The lowest BCUT2D eigenvalue weighted by Gasteiger charge is -2.31. The average Bonchev–Trinajstić information content (AvgIpc) is 3.40. The number of amides is 2. The molecular weight excluding hydrogens is 400 g/mol. The van der Waals surface area contributed by atoms with E-state index in [0.717, 1.165) is 11.1 Å². The number of carbonyl (C=O) groups is 3. The highest BCUT2D eigenvalue weighted by Crippen LogP contribution is 2.37. The third kappa shape index (κ3) is 3.19. The number of anilines is 1. The summed E-state index contributed by atoms with van der Waals surface area (Å²) in [5.41, 5.74) is 5.12. The maximum absolute atomic E-state index is 13.0. The molecule has 0 saturated carbocycles. The van der Waals surface area contributed by atoms with Gasteiger partial charge in [0.2, 0.25) is 11.0 Å². The van der Waals surface area contributed by atoms with Gasteiger partial charge in [0.1, 0.15) is 5.51 Å². The molecule has 7 nitrogen and oxygen atoms in total. The number of fused-ring (bicyclic) bond motifs is 3. The predicted molar refractivity (Wildman–Crippen MR) is 112 cm³/mol. The van der Waals surface area contributed by atoms with E-state index in [9.17, 15) is 14.4 Å². The summed E-state index contributed by atoms with van der Waals surface area (Å²) in [6.07, 6.45) is 1.18. The zero-order valence-electron chi connectivity index (χ0n) is 16.0. The molecule has 1 fully saturated rings. The number of nitrogens with one attached hydrogen (secondary N) is 1. The van der Waals surface area contributed by atoms with Gasteiger partial charge < -0.3 is 10.2 Å². The molecule has 1 saturated heterocycles. The number of aromatic nitrogens is 2. The van der Waals surface area contributed by atoms with Crippen LogP contribution in [0.3, 0.4) is 0 Å². The van der Waals surface area contributed by atoms with Crippen molar-refractivity contribution >= 4 is 34.1 Å². The van der Waals surface area contributed by atoms with Crippen molar-refractivity contribution in [3.8, 4) is 11.1 Å². The van der Waals surface area contributed by atoms with Crippen LogP contribution >= 0.6 is 11.3 Å². The quantitative estimate of drug-likeness (QED) is 0.551. The van der Waals surface area contributed by atoms with Crippen LogP contribution in [0, 0.1) is 5.92 Å². The second kappa shape index (κ2) is 7.46. The van der Waals surface area contributed by atoms with Crippen LogP contribution in [0.1, 0.15) is 39.1 Å².